The van der Waals surface area contributed by atoms with E-state index in [4.69, 9.17) is 0 Å². The van der Waals surface area contributed by atoms with Gasteiger partial charge < -0.3 is 5.32 Å². The van der Waals surface area contributed by atoms with Gasteiger partial charge in [0.15, 0.2) is 5.16 Å². The highest BCUT2D eigenvalue weighted by Crippen LogP contribution is 2.23. The zero-order valence-electron chi connectivity index (χ0n) is 19.4. The molecule has 2 heterocycles. The number of para-hydroxylation sites is 1. The van der Waals surface area contributed by atoms with Crippen molar-refractivity contribution < 1.29 is 9.59 Å². The fourth-order valence-electron chi connectivity index (χ4n) is 4.47. The molecule has 2 N–H and O–H groups in total. The Balaban J connectivity index is 1.44. The van der Waals surface area contributed by atoms with Crippen LogP contribution in [0, 0.1) is 0 Å². The van der Waals surface area contributed by atoms with E-state index in [0.717, 1.165) is 43.9 Å². The van der Waals surface area contributed by atoms with Gasteiger partial charge in [-0.05, 0) is 49.1 Å². The Labute approximate surface area is 205 Å². The topological polar surface area (TPSA) is 110 Å². The number of benzene rings is 2. The predicted molar refractivity (Wildman–Crippen MR) is 135 cm³/mol. The van der Waals surface area contributed by atoms with Crippen LogP contribution < -0.4 is 16.2 Å². The number of carbonyl (C=O) groups is 2. The third-order valence-electron chi connectivity index (χ3n) is 6.27. The van der Waals surface area contributed by atoms with E-state index in [1.807, 2.05) is 42.5 Å². The SMILES string of the molecule is CCc1ccc(-n2c(=O)c3ccccc3n3c(SCC(=O)NC(=O)NC4CCCC4)nnc23)cc1. The molecule has 1 aliphatic carbocycles. The summed E-state index contributed by atoms with van der Waals surface area (Å²) in [5.41, 5.74) is 2.32. The number of urea groups is 1. The molecule has 3 amide bonds. The average Bonchev–Trinajstić information content (AvgIpc) is 3.53. The summed E-state index contributed by atoms with van der Waals surface area (Å²) < 4.78 is 3.31. The van der Waals surface area contributed by atoms with Crippen molar-refractivity contribution in [3.63, 3.8) is 0 Å². The van der Waals surface area contributed by atoms with Crippen molar-refractivity contribution in [1.82, 2.24) is 29.8 Å². The number of carbonyl (C=O) groups excluding carboxylic acids is 2. The smallest absolute Gasteiger partial charge is 0.321 e. The van der Waals surface area contributed by atoms with E-state index in [0.29, 0.717) is 27.5 Å². The maximum Gasteiger partial charge on any atom is 0.321 e. The monoisotopic (exact) mass is 490 g/mol. The van der Waals surface area contributed by atoms with Gasteiger partial charge in [0.1, 0.15) is 0 Å². The first-order valence-electron chi connectivity index (χ1n) is 11.8. The predicted octanol–water partition coefficient (Wildman–Crippen LogP) is 3.46. The van der Waals surface area contributed by atoms with Gasteiger partial charge >= 0.3 is 6.03 Å². The molecule has 2 aromatic carbocycles. The lowest BCUT2D eigenvalue weighted by molar-refractivity contribution is -0.117. The molecule has 0 saturated heterocycles. The first kappa shape index (κ1) is 23.1. The second kappa shape index (κ2) is 9.91. The second-order valence-corrected chi connectivity index (χ2v) is 9.53. The third-order valence-corrected chi connectivity index (χ3v) is 7.20. The Morgan fingerprint density at radius 2 is 1.80 bits per heavy atom. The van der Waals surface area contributed by atoms with Gasteiger partial charge in [-0.25, -0.2) is 9.36 Å². The first-order chi connectivity index (χ1) is 17.0. The number of imide groups is 1. The van der Waals surface area contributed by atoms with Crippen molar-refractivity contribution in [1.29, 1.82) is 0 Å². The highest BCUT2D eigenvalue weighted by Gasteiger charge is 2.20. The summed E-state index contributed by atoms with van der Waals surface area (Å²) in [4.78, 5) is 37.9. The number of aryl methyl sites for hydroxylation is 1. The van der Waals surface area contributed by atoms with Gasteiger partial charge in [-0.2, -0.15) is 0 Å². The van der Waals surface area contributed by atoms with E-state index < -0.39 is 11.9 Å². The molecule has 35 heavy (non-hydrogen) atoms. The van der Waals surface area contributed by atoms with Crippen molar-refractivity contribution in [2.24, 2.45) is 0 Å². The number of aromatic nitrogens is 4. The van der Waals surface area contributed by atoms with Crippen LogP contribution in [0.2, 0.25) is 0 Å². The van der Waals surface area contributed by atoms with Crippen molar-refractivity contribution in [3.05, 3.63) is 64.4 Å². The highest BCUT2D eigenvalue weighted by molar-refractivity contribution is 7.99. The van der Waals surface area contributed by atoms with Crippen LogP contribution in [0.1, 0.15) is 38.2 Å². The number of rotatable bonds is 6. The van der Waals surface area contributed by atoms with Gasteiger partial charge in [-0.15, -0.1) is 10.2 Å². The molecule has 10 heteroatoms. The van der Waals surface area contributed by atoms with Crippen LogP contribution in [0.4, 0.5) is 4.79 Å². The summed E-state index contributed by atoms with van der Waals surface area (Å²) in [5.74, 6) is -0.0767. The highest BCUT2D eigenvalue weighted by atomic mass is 32.2. The Morgan fingerprint density at radius 1 is 1.06 bits per heavy atom. The van der Waals surface area contributed by atoms with E-state index in [-0.39, 0.29) is 17.4 Å². The molecular formula is C25H26N6O3S. The van der Waals surface area contributed by atoms with Crippen molar-refractivity contribution in [3.8, 4) is 5.69 Å². The molecule has 1 fully saturated rings. The van der Waals surface area contributed by atoms with Crippen LogP contribution >= 0.6 is 11.8 Å². The molecule has 5 rings (SSSR count). The minimum atomic E-state index is -0.469. The fraction of sp³-hybridized carbons (Fsp3) is 0.320. The molecule has 0 unspecified atom stereocenters. The van der Waals surface area contributed by atoms with Gasteiger partial charge in [-0.3, -0.25) is 19.3 Å². The van der Waals surface area contributed by atoms with E-state index in [1.165, 1.54) is 10.1 Å². The van der Waals surface area contributed by atoms with Crippen molar-refractivity contribution in [2.45, 2.75) is 50.2 Å². The normalized spacial score (nSPS) is 14.0. The average molecular weight is 491 g/mol. The Morgan fingerprint density at radius 3 is 2.54 bits per heavy atom. The van der Waals surface area contributed by atoms with Gasteiger partial charge in [0.2, 0.25) is 11.7 Å². The number of fused-ring (bicyclic) bond motifs is 3. The second-order valence-electron chi connectivity index (χ2n) is 8.59. The Hall–Kier alpha value is -3.66. The molecule has 0 aliphatic heterocycles. The van der Waals surface area contributed by atoms with Crippen molar-refractivity contribution >= 4 is 40.4 Å². The minimum Gasteiger partial charge on any atom is -0.335 e. The summed E-state index contributed by atoms with van der Waals surface area (Å²) in [5, 5.41) is 14.8. The minimum absolute atomic E-state index is 0.0163. The van der Waals surface area contributed by atoms with Crippen LogP contribution in [-0.2, 0) is 11.2 Å². The van der Waals surface area contributed by atoms with E-state index >= 15 is 0 Å². The lowest BCUT2D eigenvalue weighted by Gasteiger charge is -2.12. The molecule has 0 atom stereocenters. The van der Waals surface area contributed by atoms with E-state index in [9.17, 15) is 14.4 Å². The summed E-state index contributed by atoms with van der Waals surface area (Å²) in [6.45, 7) is 2.08. The first-order valence-corrected chi connectivity index (χ1v) is 12.7. The number of hydrogen-bond acceptors (Lipinski definition) is 6. The number of nitrogens with zero attached hydrogens (tertiary/aromatic N) is 4. The molecule has 2 aromatic heterocycles. The lowest BCUT2D eigenvalue weighted by atomic mass is 10.1. The van der Waals surface area contributed by atoms with Gasteiger partial charge in [0.05, 0.1) is 22.3 Å². The van der Waals surface area contributed by atoms with Gasteiger partial charge in [0, 0.05) is 6.04 Å². The standard InChI is InChI=1S/C25H26N6O3S/c1-2-16-11-13-18(14-12-16)30-22(33)19-9-5-6-10-20(19)31-24(30)28-29-25(31)35-15-21(32)27-23(34)26-17-7-3-4-8-17/h5-6,9-14,17H,2-4,7-8,15H2,1H3,(H2,26,27,32,34). The molecule has 0 bridgehead atoms. The Bertz CT molecular complexity index is 1450. The fourth-order valence-corrected chi connectivity index (χ4v) is 5.21. The van der Waals surface area contributed by atoms with Gasteiger partial charge in [-0.1, -0.05) is 55.8 Å². The summed E-state index contributed by atoms with van der Waals surface area (Å²) >= 11 is 1.16. The molecule has 0 radical (unpaired) electrons. The molecule has 180 valence electrons. The van der Waals surface area contributed by atoms with Crippen LogP contribution in [0.25, 0.3) is 22.4 Å². The number of thioether (sulfide) groups is 1. The summed E-state index contributed by atoms with van der Waals surface area (Å²) in [7, 11) is 0. The third kappa shape index (κ3) is 4.66. The maximum atomic E-state index is 13.4. The van der Waals surface area contributed by atoms with Gasteiger partial charge in [0.25, 0.3) is 5.56 Å². The quantitative estimate of drug-likeness (QED) is 0.401. The summed E-state index contributed by atoms with van der Waals surface area (Å²) in [6, 6.07) is 14.7. The van der Waals surface area contributed by atoms with Crippen LogP contribution in [-0.4, -0.2) is 42.9 Å². The van der Waals surface area contributed by atoms with Crippen LogP contribution in [0.3, 0.4) is 0 Å². The number of hydrogen-bond donors (Lipinski definition) is 2. The lowest BCUT2D eigenvalue weighted by Crippen LogP contribution is -2.44. The number of nitrogens with one attached hydrogen (secondary N) is 2. The van der Waals surface area contributed by atoms with Crippen molar-refractivity contribution in [2.75, 3.05) is 5.75 Å². The van der Waals surface area contributed by atoms with Crippen LogP contribution in [0.15, 0.2) is 58.5 Å². The Kier molecular flexibility index (Phi) is 6.54. The largest absolute Gasteiger partial charge is 0.335 e. The number of amides is 3. The van der Waals surface area contributed by atoms with E-state index in [1.54, 1.807) is 10.5 Å². The molecule has 9 nitrogen and oxygen atoms in total. The molecule has 1 aliphatic rings. The van der Waals surface area contributed by atoms with E-state index in [2.05, 4.69) is 27.8 Å². The zero-order chi connectivity index (χ0) is 24.4. The van der Waals surface area contributed by atoms with Crippen LogP contribution in [0.5, 0.6) is 0 Å². The molecular weight excluding hydrogens is 464 g/mol. The maximum absolute atomic E-state index is 13.4. The zero-order valence-corrected chi connectivity index (χ0v) is 20.2. The summed E-state index contributed by atoms with van der Waals surface area (Å²) in [6.07, 6.45) is 4.97. The molecule has 1 saturated carbocycles. The molecule has 0 spiro atoms. The molecule has 4 aromatic rings.